The van der Waals surface area contributed by atoms with Crippen LogP contribution in [0.2, 0.25) is 0 Å². The molecule has 0 saturated carbocycles. The molecule has 2 aliphatic rings. The van der Waals surface area contributed by atoms with Crippen LogP contribution in [-0.4, -0.2) is 50.7 Å². The van der Waals surface area contributed by atoms with Crippen molar-refractivity contribution in [1.29, 1.82) is 0 Å². The molecule has 4 nitrogen and oxygen atoms in total. The molecule has 1 amide bonds. The zero-order chi connectivity index (χ0) is 13.0. The van der Waals surface area contributed by atoms with Crippen molar-refractivity contribution >= 4 is 5.91 Å². The number of hydrogen-bond acceptors (Lipinski definition) is 3. The molecule has 18 heavy (non-hydrogen) atoms. The van der Waals surface area contributed by atoms with Crippen LogP contribution in [-0.2, 0) is 9.53 Å². The van der Waals surface area contributed by atoms with Crippen LogP contribution in [0.5, 0.6) is 0 Å². The quantitative estimate of drug-likeness (QED) is 0.821. The highest BCUT2D eigenvalue weighted by molar-refractivity contribution is 5.83. The summed E-state index contributed by atoms with van der Waals surface area (Å²) in [4.78, 5) is 14.8. The lowest BCUT2D eigenvalue weighted by Gasteiger charge is -2.37. The van der Waals surface area contributed by atoms with Crippen molar-refractivity contribution in [3.05, 3.63) is 0 Å². The Bertz CT molecular complexity index is 280. The lowest BCUT2D eigenvalue weighted by molar-refractivity contribution is -0.143. The fourth-order valence-electron chi connectivity index (χ4n) is 3.25. The lowest BCUT2D eigenvalue weighted by atomic mass is 9.82. The van der Waals surface area contributed by atoms with E-state index in [1.165, 1.54) is 0 Å². The average molecular weight is 254 g/mol. The summed E-state index contributed by atoms with van der Waals surface area (Å²) in [5.41, 5.74) is -0.117. The Hall–Kier alpha value is -0.610. The second-order valence-electron chi connectivity index (χ2n) is 5.75. The maximum absolute atomic E-state index is 12.7. The van der Waals surface area contributed by atoms with E-state index in [1.807, 2.05) is 0 Å². The van der Waals surface area contributed by atoms with Crippen LogP contribution in [0.3, 0.4) is 0 Å². The zero-order valence-electron chi connectivity index (χ0n) is 11.7. The molecule has 2 aliphatic heterocycles. The van der Waals surface area contributed by atoms with Crippen LogP contribution in [0.4, 0.5) is 0 Å². The van der Waals surface area contributed by atoms with Crippen LogP contribution in [0.25, 0.3) is 0 Å². The van der Waals surface area contributed by atoms with Crippen molar-refractivity contribution < 1.29 is 9.53 Å². The molecule has 4 heteroatoms. The summed E-state index contributed by atoms with van der Waals surface area (Å²) in [6, 6.07) is 0. The standard InChI is InChI=1S/C14H26N2O2/c1-3-14(6-7-15-11-14)13(17)16-8-4-12(5-9-16)10-18-2/h12,15H,3-11H2,1-2H3. The van der Waals surface area contributed by atoms with Gasteiger partial charge in [0.2, 0.25) is 5.91 Å². The summed E-state index contributed by atoms with van der Waals surface area (Å²) < 4.78 is 5.20. The third-order valence-electron chi connectivity index (χ3n) is 4.68. The van der Waals surface area contributed by atoms with Gasteiger partial charge in [0.05, 0.1) is 5.41 Å². The number of methoxy groups -OCH3 is 1. The minimum absolute atomic E-state index is 0.117. The van der Waals surface area contributed by atoms with Crippen molar-refractivity contribution in [2.24, 2.45) is 11.3 Å². The molecule has 0 aliphatic carbocycles. The summed E-state index contributed by atoms with van der Waals surface area (Å²) in [7, 11) is 1.76. The van der Waals surface area contributed by atoms with Crippen molar-refractivity contribution in [1.82, 2.24) is 10.2 Å². The number of ether oxygens (including phenoxy) is 1. The molecule has 2 saturated heterocycles. The molecule has 1 atom stereocenters. The van der Waals surface area contributed by atoms with Crippen LogP contribution in [0, 0.1) is 11.3 Å². The van der Waals surface area contributed by atoms with Crippen molar-refractivity contribution in [2.75, 3.05) is 39.9 Å². The summed E-state index contributed by atoms with van der Waals surface area (Å²) in [6.07, 6.45) is 4.14. The van der Waals surface area contributed by atoms with E-state index >= 15 is 0 Å². The van der Waals surface area contributed by atoms with Gasteiger partial charge in [-0.1, -0.05) is 6.92 Å². The Morgan fingerprint density at radius 3 is 2.67 bits per heavy atom. The fourth-order valence-corrected chi connectivity index (χ4v) is 3.25. The molecular weight excluding hydrogens is 228 g/mol. The Balaban J connectivity index is 1.90. The minimum atomic E-state index is -0.117. The number of likely N-dealkylation sites (tertiary alicyclic amines) is 1. The molecular formula is C14H26N2O2. The van der Waals surface area contributed by atoms with Gasteiger partial charge >= 0.3 is 0 Å². The zero-order valence-corrected chi connectivity index (χ0v) is 11.7. The van der Waals surface area contributed by atoms with Gasteiger partial charge in [-0.25, -0.2) is 0 Å². The summed E-state index contributed by atoms with van der Waals surface area (Å²) >= 11 is 0. The maximum atomic E-state index is 12.7. The van der Waals surface area contributed by atoms with Crippen molar-refractivity contribution in [2.45, 2.75) is 32.6 Å². The van der Waals surface area contributed by atoms with Crippen molar-refractivity contribution in [3.8, 4) is 0 Å². The number of carbonyl (C=O) groups excluding carboxylic acids is 1. The molecule has 0 aromatic rings. The molecule has 0 spiro atoms. The van der Waals surface area contributed by atoms with Crippen molar-refractivity contribution in [3.63, 3.8) is 0 Å². The van der Waals surface area contributed by atoms with Gasteiger partial charge in [-0.2, -0.15) is 0 Å². The smallest absolute Gasteiger partial charge is 0.230 e. The first-order valence-corrected chi connectivity index (χ1v) is 7.21. The summed E-state index contributed by atoms with van der Waals surface area (Å²) in [5.74, 6) is 1.02. The Morgan fingerprint density at radius 1 is 1.44 bits per heavy atom. The number of hydrogen-bond donors (Lipinski definition) is 1. The molecule has 0 radical (unpaired) electrons. The number of rotatable bonds is 4. The Morgan fingerprint density at radius 2 is 2.17 bits per heavy atom. The van der Waals surface area contributed by atoms with Gasteiger partial charge in [-0.3, -0.25) is 4.79 Å². The van der Waals surface area contributed by atoms with Crippen LogP contribution < -0.4 is 5.32 Å². The number of nitrogens with zero attached hydrogens (tertiary/aromatic N) is 1. The molecule has 1 unspecified atom stereocenters. The topological polar surface area (TPSA) is 41.6 Å². The highest BCUT2D eigenvalue weighted by atomic mass is 16.5. The summed E-state index contributed by atoms with van der Waals surface area (Å²) in [5, 5.41) is 3.35. The maximum Gasteiger partial charge on any atom is 0.230 e. The van der Waals surface area contributed by atoms with E-state index in [4.69, 9.17) is 4.74 Å². The molecule has 0 aromatic heterocycles. The molecule has 0 bridgehead atoms. The van der Waals surface area contributed by atoms with E-state index in [0.717, 1.165) is 58.5 Å². The van der Waals surface area contributed by atoms with Gasteiger partial charge in [0.15, 0.2) is 0 Å². The lowest BCUT2D eigenvalue weighted by Crippen LogP contribution is -2.48. The van der Waals surface area contributed by atoms with E-state index in [9.17, 15) is 4.79 Å². The van der Waals surface area contributed by atoms with Gasteiger partial charge in [-0.15, -0.1) is 0 Å². The van der Waals surface area contributed by atoms with Gasteiger partial charge in [0.25, 0.3) is 0 Å². The molecule has 104 valence electrons. The summed E-state index contributed by atoms with van der Waals surface area (Å²) in [6.45, 7) is 6.65. The van der Waals surface area contributed by atoms with Gasteiger partial charge < -0.3 is 15.0 Å². The minimum Gasteiger partial charge on any atom is -0.384 e. The molecule has 2 fully saturated rings. The number of amides is 1. The van der Waals surface area contributed by atoms with Crippen LogP contribution >= 0.6 is 0 Å². The van der Waals surface area contributed by atoms with E-state index in [-0.39, 0.29) is 5.41 Å². The second-order valence-corrected chi connectivity index (χ2v) is 5.75. The first-order valence-electron chi connectivity index (χ1n) is 7.21. The number of piperidine rings is 1. The van der Waals surface area contributed by atoms with Gasteiger partial charge in [0.1, 0.15) is 0 Å². The normalized spacial score (nSPS) is 29.8. The van der Waals surface area contributed by atoms with E-state index in [0.29, 0.717) is 11.8 Å². The van der Waals surface area contributed by atoms with E-state index in [1.54, 1.807) is 7.11 Å². The third-order valence-corrected chi connectivity index (χ3v) is 4.68. The average Bonchev–Trinajstić information content (AvgIpc) is 2.89. The fraction of sp³-hybridized carbons (Fsp3) is 0.929. The molecule has 2 rings (SSSR count). The molecule has 1 N–H and O–H groups in total. The third kappa shape index (κ3) is 2.69. The van der Waals surface area contributed by atoms with Gasteiger partial charge in [-0.05, 0) is 38.1 Å². The number of nitrogens with one attached hydrogen (secondary N) is 1. The van der Waals surface area contributed by atoms with Crippen LogP contribution in [0.15, 0.2) is 0 Å². The monoisotopic (exact) mass is 254 g/mol. The number of carbonyl (C=O) groups is 1. The SMILES string of the molecule is CCC1(C(=O)N2CCC(COC)CC2)CCNC1. The van der Waals surface area contributed by atoms with Crippen LogP contribution in [0.1, 0.15) is 32.6 Å². The highest BCUT2D eigenvalue weighted by Gasteiger charge is 2.42. The predicted molar refractivity (Wildman–Crippen MR) is 71.4 cm³/mol. The first-order chi connectivity index (χ1) is 8.72. The largest absolute Gasteiger partial charge is 0.384 e. The van der Waals surface area contributed by atoms with E-state index < -0.39 is 0 Å². The highest BCUT2D eigenvalue weighted by Crippen LogP contribution is 2.33. The Labute approximate surface area is 110 Å². The predicted octanol–water partition coefficient (Wildman–Crippen LogP) is 1.26. The Kier molecular flexibility index (Phi) is 4.62. The van der Waals surface area contributed by atoms with Gasteiger partial charge in [0, 0.05) is 33.4 Å². The van der Waals surface area contributed by atoms with E-state index in [2.05, 4.69) is 17.1 Å². The molecule has 0 aromatic carbocycles. The first kappa shape index (κ1) is 13.8. The molecule has 2 heterocycles. The second kappa shape index (κ2) is 6.02.